The summed E-state index contributed by atoms with van der Waals surface area (Å²) < 4.78 is 0. The van der Waals surface area contributed by atoms with Gasteiger partial charge in [-0.05, 0) is 25.8 Å². The Hall–Kier alpha value is -0.450. The van der Waals surface area contributed by atoms with Crippen molar-refractivity contribution in [2.24, 2.45) is 5.92 Å². The molecule has 0 radical (unpaired) electrons. The van der Waals surface area contributed by atoms with E-state index in [0.29, 0.717) is 6.04 Å². The van der Waals surface area contributed by atoms with Gasteiger partial charge in [-0.25, -0.2) is 4.98 Å². The van der Waals surface area contributed by atoms with Crippen molar-refractivity contribution in [2.45, 2.75) is 32.9 Å². The van der Waals surface area contributed by atoms with E-state index in [0.717, 1.165) is 24.7 Å². The first-order chi connectivity index (χ1) is 7.25. The highest BCUT2D eigenvalue weighted by Gasteiger charge is 2.21. The largest absolute Gasteiger partial charge is 0.312 e. The fraction of sp³-hybridized carbons (Fsp3) is 0.727. The molecule has 3 nitrogen and oxygen atoms in total. The highest BCUT2D eigenvalue weighted by molar-refractivity contribution is 7.09. The lowest BCUT2D eigenvalue weighted by Crippen LogP contribution is -2.36. The fourth-order valence-corrected chi connectivity index (χ4v) is 2.73. The molecule has 2 heterocycles. The molecule has 84 valence electrons. The predicted octanol–water partition coefficient (Wildman–Crippen LogP) is 1.54. The monoisotopic (exact) mass is 225 g/mol. The summed E-state index contributed by atoms with van der Waals surface area (Å²) >= 11 is 1.74. The van der Waals surface area contributed by atoms with Crippen LogP contribution in [0.2, 0.25) is 0 Å². The second kappa shape index (κ2) is 5.05. The van der Waals surface area contributed by atoms with Gasteiger partial charge in [0.2, 0.25) is 0 Å². The molecule has 4 heteroatoms. The Morgan fingerprint density at radius 2 is 2.53 bits per heavy atom. The first kappa shape index (κ1) is 11.0. The summed E-state index contributed by atoms with van der Waals surface area (Å²) in [6, 6.07) is 0.644. The number of aromatic nitrogens is 1. The van der Waals surface area contributed by atoms with Crippen LogP contribution < -0.4 is 10.6 Å². The van der Waals surface area contributed by atoms with Crippen LogP contribution in [0.5, 0.6) is 0 Å². The molecule has 1 aliphatic rings. The number of hydrogen-bond acceptors (Lipinski definition) is 4. The molecule has 0 amide bonds. The van der Waals surface area contributed by atoms with E-state index in [1.165, 1.54) is 18.0 Å². The zero-order chi connectivity index (χ0) is 10.7. The summed E-state index contributed by atoms with van der Waals surface area (Å²) in [6.07, 6.45) is 1.31. The van der Waals surface area contributed by atoms with E-state index in [2.05, 4.69) is 27.9 Å². The predicted molar refractivity (Wildman–Crippen MR) is 64.1 cm³/mol. The van der Waals surface area contributed by atoms with Crippen LogP contribution in [-0.2, 0) is 6.54 Å². The molecule has 1 aromatic rings. The Kier molecular flexibility index (Phi) is 3.72. The lowest BCUT2D eigenvalue weighted by Gasteiger charge is -2.15. The molecule has 1 fully saturated rings. The Morgan fingerprint density at radius 3 is 3.13 bits per heavy atom. The van der Waals surface area contributed by atoms with Gasteiger partial charge in [-0.2, -0.15) is 0 Å². The zero-order valence-corrected chi connectivity index (χ0v) is 10.2. The van der Waals surface area contributed by atoms with E-state index in [9.17, 15) is 0 Å². The van der Waals surface area contributed by atoms with Crippen LogP contribution in [0.1, 0.15) is 24.0 Å². The third-order valence-electron chi connectivity index (χ3n) is 3.00. The van der Waals surface area contributed by atoms with Gasteiger partial charge in [-0.15, -0.1) is 11.3 Å². The van der Waals surface area contributed by atoms with Gasteiger partial charge in [0.1, 0.15) is 5.01 Å². The van der Waals surface area contributed by atoms with Crippen LogP contribution in [0.4, 0.5) is 0 Å². The maximum atomic E-state index is 4.43. The SMILES string of the molecule is Cc1csc(CNCC2NCCC2C)n1. The molecule has 0 aliphatic carbocycles. The van der Waals surface area contributed by atoms with Crippen molar-refractivity contribution in [3.05, 3.63) is 16.1 Å². The summed E-state index contributed by atoms with van der Waals surface area (Å²) in [5, 5.41) is 10.3. The molecule has 1 aromatic heterocycles. The number of nitrogens with one attached hydrogen (secondary N) is 2. The van der Waals surface area contributed by atoms with Crippen LogP contribution >= 0.6 is 11.3 Å². The molecule has 2 unspecified atom stereocenters. The normalized spacial score (nSPS) is 26.0. The van der Waals surface area contributed by atoms with Gasteiger partial charge in [0, 0.05) is 30.2 Å². The molecule has 0 aromatic carbocycles. The Labute approximate surface area is 95.3 Å². The van der Waals surface area contributed by atoms with Crippen LogP contribution in [0.25, 0.3) is 0 Å². The standard InChI is InChI=1S/C11H19N3S/c1-8-3-4-13-10(8)5-12-6-11-14-9(2)7-15-11/h7-8,10,12-13H,3-6H2,1-2H3. The minimum atomic E-state index is 0.644. The van der Waals surface area contributed by atoms with Crippen molar-refractivity contribution in [3.63, 3.8) is 0 Å². The Morgan fingerprint density at radius 1 is 1.67 bits per heavy atom. The van der Waals surface area contributed by atoms with Crippen molar-refractivity contribution in [3.8, 4) is 0 Å². The Bertz CT molecular complexity index is 311. The highest BCUT2D eigenvalue weighted by atomic mass is 32.1. The van der Waals surface area contributed by atoms with Gasteiger partial charge < -0.3 is 10.6 Å². The molecular weight excluding hydrogens is 206 g/mol. The van der Waals surface area contributed by atoms with Gasteiger partial charge in [-0.1, -0.05) is 6.92 Å². The molecule has 0 spiro atoms. The second-order valence-electron chi connectivity index (χ2n) is 4.34. The molecule has 2 N–H and O–H groups in total. The van der Waals surface area contributed by atoms with Crippen LogP contribution in [0, 0.1) is 12.8 Å². The van der Waals surface area contributed by atoms with Gasteiger partial charge in [0.15, 0.2) is 0 Å². The summed E-state index contributed by atoms with van der Waals surface area (Å²) in [5.41, 5.74) is 1.13. The number of nitrogens with zero attached hydrogens (tertiary/aromatic N) is 1. The molecule has 0 saturated carbocycles. The van der Waals surface area contributed by atoms with Crippen molar-refractivity contribution >= 4 is 11.3 Å². The van der Waals surface area contributed by atoms with Gasteiger partial charge in [-0.3, -0.25) is 0 Å². The van der Waals surface area contributed by atoms with E-state index in [1.54, 1.807) is 11.3 Å². The average molecular weight is 225 g/mol. The topological polar surface area (TPSA) is 37.0 Å². The van der Waals surface area contributed by atoms with Gasteiger partial charge in [0.05, 0.1) is 0 Å². The fourth-order valence-electron chi connectivity index (χ4n) is 1.99. The first-order valence-electron chi connectivity index (χ1n) is 5.61. The lowest BCUT2D eigenvalue weighted by molar-refractivity contribution is 0.448. The number of aryl methyl sites for hydroxylation is 1. The van der Waals surface area contributed by atoms with E-state index in [-0.39, 0.29) is 0 Å². The molecule has 2 atom stereocenters. The number of hydrogen-bond donors (Lipinski definition) is 2. The molecule has 15 heavy (non-hydrogen) atoms. The summed E-state index contributed by atoms with van der Waals surface area (Å²) in [4.78, 5) is 4.43. The van der Waals surface area contributed by atoms with Crippen molar-refractivity contribution in [1.82, 2.24) is 15.6 Å². The van der Waals surface area contributed by atoms with Gasteiger partial charge >= 0.3 is 0 Å². The van der Waals surface area contributed by atoms with Crippen LogP contribution in [0.3, 0.4) is 0 Å². The molecule has 2 rings (SSSR count). The molecular formula is C11H19N3S. The van der Waals surface area contributed by atoms with Crippen molar-refractivity contribution in [1.29, 1.82) is 0 Å². The average Bonchev–Trinajstić information content (AvgIpc) is 2.77. The highest BCUT2D eigenvalue weighted by Crippen LogP contribution is 2.13. The van der Waals surface area contributed by atoms with Crippen molar-refractivity contribution in [2.75, 3.05) is 13.1 Å². The smallest absolute Gasteiger partial charge is 0.107 e. The number of rotatable bonds is 4. The first-order valence-corrected chi connectivity index (χ1v) is 6.49. The van der Waals surface area contributed by atoms with Crippen LogP contribution in [0.15, 0.2) is 5.38 Å². The minimum Gasteiger partial charge on any atom is -0.312 e. The van der Waals surface area contributed by atoms with E-state index in [4.69, 9.17) is 0 Å². The van der Waals surface area contributed by atoms with Crippen LogP contribution in [-0.4, -0.2) is 24.1 Å². The molecule has 0 bridgehead atoms. The quantitative estimate of drug-likeness (QED) is 0.816. The lowest BCUT2D eigenvalue weighted by atomic mass is 10.0. The van der Waals surface area contributed by atoms with E-state index in [1.807, 2.05) is 6.92 Å². The van der Waals surface area contributed by atoms with Crippen molar-refractivity contribution < 1.29 is 0 Å². The minimum absolute atomic E-state index is 0.644. The maximum Gasteiger partial charge on any atom is 0.107 e. The van der Waals surface area contributed by atoms with E-state index < -0.39 is 0 Å². The number of thiazole rings is 1. The third kappa shape index (κ3) is 3.00. The Balaban J connectivity index is 1.70. The molecule has 1 aliphatic heterocycles. The van der Waals surface area contributed by atoms with E-state index >= 15 is 0 Å². The molecule has 1 saturated heterocycles. The summed E-state index contributed by atoms with van der Waals surface area (Å²) in [5.74, 6) is 0.801. The summed E-state index contributed by atoms with van der Waals surface area (Å²) in [6.45, 7) is 7.49. The zero-order valence-electron chi connectivity index (χ0n) is 9.42. The van der Waals surface area contributed by atoms with Gasteiger partial charge in [0.25, 0.3) is 0 Å². The second-order valence-corrected chi connectivity index (χ2v) is 5.28. The maximum absolute atomic E-state index is 4.43. The summed E-state index contributed by atoms with van der Waals surface area (Å²) in [7, 11) is 0. The third-order valence-corrected chi connectivity index (χ3v) is 3.97.